The van der Waals surface area contributed by atoms with Crippen molar-refractivity contribution in [3.63, 3.8) is 0 Å². The van der Waals surface area contributed by atoms with E-state index in [-0.39, 0.29) is 12.1 Å². The lowest BCUT2D eigenvalue weighted by atomic mass is 10.00. The van der Waals surface area contributed by atoms with Gasteiger partial charge in [0.25, 0.3) is 0 Å². The zero-order valence-corrected chi connectivity index (χ0v) is 13.0. The number of ether oxygens (including phenoxy) is 1. The molecule has 5 heteroatoms. The van der Waals surface area contributed by atoms with Gasteiger partial charge in [-0.3, -0.25) is 0 Å². The lowest BCUT2D eigenvalue weighted by molar-refractivity contribution is 0.123. The van der Waals surface area contributed by atoms with Gasteiger partial charge in [-0.2, -0.15) is 0 Å². The van der Waals surface area contributed by atoms with E-state index in [4.69, 9.17) is 4.74 Å². The topological polar surface area (TPSA) is 57.4 Å². The molecular formula is C17H23N3O2. The van der Waals surface area contributed by atoms with E-state index in [0.717, 1.165) is 42.4 Å². The highest BCUT2D eigenvalue weighted by atomic mass is 16.5. The van der Waals surface area contributed by atoms with Gasteiger partial charge in [0.15, 0.2) is 0 Å². The van der Waals surface area contributed by atoms with Crippen molar-refractivity contribution in [2.45, 2.75) is 31.7 Å². The van der Waals surface area contributed by atoms with Gasteiger partial charge in [0.05, 0.1) is 0 Å². The molecule has 1 unspecified atom stereocenters. The van der Waals surface area contributed by atoms with E-state index < -0.39 is 0 Å². The van der Waals surface area contributed by atoms with Crippen LogP contribution >= 0.6 is 0 Å². The molecule has 1 saturated heterocycles. The Hall–Kier alpha value is -2.01. The van der Waals surface area contributed by atoms with Crippen LogP contribution in [0.15, 0.2) is 30.5 Å². The molecule has 2 heterocycles. The number of piperidine rings is 1. The second-order valence-corrected chi connectivity index (χ2v) is 5.83. The second kappa shape index (κ2) is 6.83. The lowest BCUT2D eigenvalue weighted by Crippen LogP contribution is -2.46. The SMILES string of the molecule is COCCC1CCCCN1C(=O)Nc1ccc2[nH]ccc2c1. The molecule has 1 aromatic heterocycles. The van der Waals surface area contributed by atoms with Crippen molar-refractivity contribution < 1.29 is 9.53 Å². The van der Waals surface area contributed by atoms with E-state index in [2.05, 4.69) is 10.3 Å². The number of methoxy groups -OCH3 is 1. The van der Waals surface area contributed by atoms with E-state index >= 15 is 0 Å². The maximum atomic E-state index is 12.6. The summed E-state index contributed by atoms with van der Waals surface area (Å²) in [7, 11) is 1.71. The van der Waals surface area contributed by atoms with Crippen LogP contribution in [0.5, 0.6) is 0 Å². The van der Waals surface area contributed by atoms with Crippen molar-refractivity contribution in [2.24, 2.45) is 0 Å². The summed E-state index contributed by atoms with van der Waals surface area (Å²) < 4.78 is 5.17. The van der Waals surface area contributed by atoms with Crippen LogP contribution in [0.3, 0.4) is 0 Å². The van der Waals surface area contributed by atoms with Crippen molar-refractivity contribution in [3.8, 4) is 0 Å². The van der Waals surface area contributed by atoms with Gasteiger partial charge >= 0.3 is 6.03 Å². The second-order valence-electron chi connectivity index (χ2n) is 5.83. The summed E-state index contributed by atoms with van der Waals surface area (Å²) in [5.74, 6) is 0. The molecule has 2 aromatic rings. The number of benzene rings is 1. The molecule has 5 nitrogen and oxygen atoms in total. The third kappa shape index (κ3) is 3.25. The van der Waals surface area contributed by atoms with Crippen LogP contribution in [0.1, 0.15) is 25.7 Å². The molecule has 118 valence electrons. The Morgan fingerprint density at radius 1 is 1.41 bits per heavy atom. The van der Waals surface area contributed by atoms with E-state index in [1.165, 1.54) is 6.42 Å². The molecule has 22 heavy (non-hydrogen) atoms. The van der Waals surface area contributed by atoms with Gasteiger partial charge in [-0.15, -0.1) is 0 Å². The van der Waals surface area contributed by atoms with Crippen LogP contribution in [0.25, 0.3) is 10.9 Å². The van der Waals surface area contributed by atoms with Gasteiger partial charge in [-0.1, -0.05) is 0 Å². The molecule has 0 bridgehead atoms. The minimum absolute atomic E-state index is 0.00399. The number of carbonyl (C=O) groups is 1. The van der Waals surface area contributed by atoms with Crippen molar-refractivity contribution >= 4 is 22.6 Å². The fourth-order valence-corrected chi connectivity index (χ4v) is 3.15. The molecule has 2 amide bonds. The first-order valence-corrected chi connectivity index (χ1v) is 7.91. The molecule has 2 N–H and O–H groups in total. The van der Waals surface area contributed by atoms with E-state index in [9.17, 15) is 4.79 Å². The summed E-state index contributed by atoms with van der Waals surface area (Å²) in [6.07, 6.45) is 6.14. The smallest absolute Gasteiger partial charge is 0.322 e. The number of hydrogen-bond acceptors (Lipinski definition) is 2. The molecule has 0 saturated carbocycles. The highest BCUT2D eigenvalue weighted by Crippen LogP contribution is 2.22. The standard InChI is InChI=1S/C17H23N3O2/c1-22-11-8-15-4-2-3-10-20(15)17(21)19-14-5-6-16-13(12-14)7-9-18-16/h5-7,9,12,15,18H,2-4,8,10-11H2,1H3,(H,19,21). The number of H-pyrrole nitrogens is 1. The minimum atomic E-state index is -0.00399. The highest BCUT2D eigenvalue weighted by Gasteiger charge is 2.26. The lowest BCUT2D eigenvalue weighted by Gasteiger charge is -2.35. The first-order valence-electron chi connectivity index (χ1n) is 7.91. The minimum Gasteiger partial charge on any atom is -0.385 e. The number of rotatable bonds is 4. The summed E-state index contributed by atoms with van der Waals surface area (Å²) in [6.45, 7) is 1.52. The van der Waals surface area contributed by atoms with Gasteiger partial charge in [0.1, 0.15) is 0 Å². The number of likely N-dealkylation sites (tertiary alicyclic amines) is 1. The van der Waals surface area contributed by atoms with E-state index in [1.54, 1.807) is 7.11 Å². The Labute approximate surface area is 130 Å². The highest BCUT2D eigenvalue weighted by molar-refractivity contribution is 5.93. The molecule has 0 radical (unpaired) electrons. The number of hydrogen-bond donors (Lipinski definition) is 2. The summed E-state index contributed by atoms with van der Waals surface area (Å²) in [5, 5.41) is 4.14. The number of nitrogens with zero attached hydrogens (tertiary/aromatic N) is 1. The Kier molecular flexibility index (Phi) is 4.63. The molecule has 0 spiro atoms. The molecule has 0 aliphatic carbocycles. The van der Waals surface area contributed by atoms with E-state index in [1.807, 2.05) is 35.4 Å². The van der Waals surface area contributed by atoms with Crippen molar-refractivity contribution in [1.29, 1.82) is 0 Å². The number of urea groups is 1. The fraction of sp³-hybridized carbons (Fsp3) is 0.471. The van der Waals surface area contributed by atoms with Crippen LogP contribution < -0.4 is 5.32 Å². The zero-order valence-electron chi connectivity index (χ0n) is 13.0. The number of fused-ring (bicyclic) bond motifs is 1. The zero-order chi connectivity index (χ0) is 15.4. The largest absolute Gasteiger partial charge is 0.385 e. The Morgan fingerprint density at radius 3 is 3.18 bits per heavy atom. The number of aromatic nitrogens is 1. The number of amides is 2. The molecule has 1 aliphatic rings. The van der Waals surface area contributed by atoms with Crippen LogP contribution in [0.2, 0.25) is 0 Å². The number of aromatic amines is 1. The number of carbonyl (C=O) groups excluding carboxylic acids is 1. The third-order valence-electron chi connectivity index (χ3n) is 4.35. The number of nitrogens with one attached hydrogen (secondary N) is 2. The summed E-state index contributed by atoms with van der Waals surface area (Å²) in [6, 6.07) is 8.21. The van der Waals surface area contributed by atoms with E-state index in [0.29, 0.717) is 6.61 Å². The van der Waals surface area contributed by atoms with Gasteiger partial charge in [-0.05, 0) is 49.9 Å². The molecule has 1 fully saturated rings. The maximum absolute atomic E-state index is 12.6. The van der Waals surface area contributed by atoms with Crippen LogP contribution in [-0.4, -0.2) is 42.2 Å². The monoisotopic (exact) mass is 301 g/mol. The Balaban J connectivity index is 1.68. The predicted octanol–water partition coefficient (Wildman–Crippen LogP) is 3.59. The van der Waals surface area contributed by atoms with Crippen molar-refractivity contribution in [3.05, 3.63) is 30.5 Å². The first-order chi connectivity index (χ1) is 10.8. The summed E-state index contributed by atoms with van der Waals surface area (Å²) in [4.78, 5) is 17.7. The average Bonchev–Trinajstić information content (AvgIpc) is 3.00. The molecule has 1 aromatic carbocycles. The third-order valence-corrected chi connectivity index (χ3v) is 4.35. The Bertz CT molecular complexity index is 638. The number of anilines is 1. The van der Waals surface area contributed by atoms with Gasteiger partial charge in [-0.25, -0.2) is 4.79 Å². The fourth-order valence-electron chi connectivity index (χ4n) is 3.15. The van der Waals surface area contributed by atoms with Gasteiger partial charge in [0.2, 0.25) is 0 Å². The average molecular weight is 301 g/mol. The first kappa shape index (κ1) is 14.9. The predicted molar refractivity (Wildman–Crippen MR) is 88.2 cm³/mol. The van der Waals surface area contributed by atoms with Gasteiger partial charge in [0, 0.05) is 49.1 Å². The van der Waals surface area contributed by atoms with Crippen LogP contribution in [0.4, 0.5) is 10.5 Å². The summed E-state index contributed by atoms with van der Waals surface area (Å²) >= 11 is 0. The van der Waals surface area contributed by atoms with Crippen molar-refractivity contribution in [2.75, 3.05) is 25.6 Å². The van der Waals surface area contributed by atoms with Crippen LogP contribution in [0, 0.1) is 0 Å². The van der Waals surface area contributed by atoms with Crippen molar-refractivity contribution in [1.82, 2.24) is 9.88 Å². The maximum Gasteiger partial charge on any atom is 0.322 e. The Morgan fingerprint density at radius 2 is 2.32 bits per heavy atom. The molecule has 1 atom stereocenters. The molecule has 3 rings (SSSR count). The summed E-state index contributed by atoms with van der Waals surface area (Å²) in [5.41, 5.74) is 1.92. The molecular weight excluding hydrogens is 278 g/mol. The van der Waals surface area contributed by atoms with Gasteiger partial charge < -0.3 is 19.9 Å². The molecule has 1 aliphatic heterocycles. The normalized spacial score (nSPS) is 18.6. The quantitative estimate of drug-likeness (QED) is 0.906. The van der Waals surface area contributed by atoms with Crippen LogP contribution in [-0.2, 0) is 4.74 Å².